The molecule has 1 aliphatic rings. The second kappa shape index (κ2) is 6.47. The third kappa shape index (κ3) is 3.33. The lowest BCUT2D eigenvalue weighted by Crippen LogP contribution is -2.45. The summed E-state index contributed by atoms with van der Waals surface area (Å²) in [5.74, 6) is 0. The minimum absolute atomic E-state index is 0.0116. The molecule has 2 rings (SSSR count). The molecule has 1 heterocycles. The van der Waals surface area contributed by atoms with Crippen LogP contribution >= 0.6 is 0 Å². The number of ether oxygens (including phenoxy) is 1. The molecule has 0 amide bonds. The van der Waals surface area contributed by atoms with Crippen LogP contribution in [0.5, 0.6) is 0 Å². The number of sulfonamides is 1. The highest BCUT2D eigenvalue weighted by Gasteiger charge is 2.31. The predicted molar refractivity (Wildman–Crippen MR) is 73.2 cm³/mol. The van der Waals surface area contributed by atoms with Crippen LogP contribution in [0.2, 0.25) is 0 Å². The highest BCUT2D eigenvalue weighted by atomic mass is 32.2. The van der Waals surface area contributed by atoms with E-state index in [1.807, 2.05) is 0 Å². The van der Waals surface area contributed by atoms with Crippen LogP contribution in [0.15, 0.2) is 35.2 Å². The van der Waals surface area contributed by atoms with Gasteiger partial charge < -0.3 is 10.5 Å². The van der Waals surface area contributed by atoms with E-state index in [2.05, 4.69) is 0 Å². The molecule has 1 fully saturated rings. The van der Waals surface area contributed by atoms with Crippen LogP contribution in [0.25, 0.3) is 0 Å². The lowest BCUT2D eigenvalue weighted by atomic mass is 10.1. The average Bonchev–Trinajstić information content (AvgIpc) is 2.46. The van der Waals surface area contributed by atoms with Crippen molar-refractivity contribution in [3.63, 3.8) is 0 Å². The van der Waals surface area contributed by atoms with E-state index >= 15 is 0 Å². The van der Waals surface area contributed by atoms with E-state index in [0.717, 1.165) is 12.8 Å². The van der Waals surface area contributed by atoms with Crippen LogP contribution in [0.1, 0.15) is 12.8 Å². The maximum absolute atomic E-state index is 12.7. The lowest BCUT2D eigenvalue weighted by molar-refractivity contribution is 0.0590. The molecule has 1 aromatic rings. The zero-order chi connectivity index (χ0) is 13.7. The molecule has 0 bridgehead atoms. The van der Waals surface area contributed by atoms with Crippen LogP contribution < -0.4 is 5.73 Å². The molecule has 5 nitrogen and oxygen atoms in total. The van der Waals surface area contributed by atoms with Gasteiger partial charge in [-0.1, -0.05) is 18.2 Å². The first kappa shape index (κ1) is 14.5. The van der Waals surface area contributed by atoms with E-state index in [-0.39, 0.29) is 6.04 Å². The molecule has 6 heteroatoms. The smallest absolute Gasteiger partial charge is 0.243 e. The molecule has 0 aromatic heterocycles. The Bertz CT molecular complexity index is 484. The van der Waals surface area contributed by atoms with Gasteiger partial charge in [0, 0.05) is 32.3 Å². The van der Waals surface area contributed by atoms with Gasteiger partial charge in [-0.2, -0.15) is 4.31 Å². The van der Waals surface area contributed by atoms with Gasteiger partial charge in [-0.3, -0.25) is 0 Å². The van der Waals surface area contributed by atoms with Gasteiger partial charge in [0.05, 0.1) is 4.90 Å². The van der Waals surface area contributed by atoms with E-state index in [1.165, 1.54) is 4.31 Å². The zero-order valence-corrected chi connectivity index (χ0v) is 11.7. The summed E-state index contributed by atoms with van der Waals surface area (Å²) >= 11 is 0. The Morgan fingerprint density at radius 1 is 1.21 bits per heavy atom. The van der Waals surface area contributed by atoms with Crippen LogP contribution in [-0.4, -0.2) is 45.1 Å². The highest BCUT2D eigenvalue weighted by Crippen LogP contribution is 2.22. The summed E-state index contributed by atoms with van der Waals surface area (Å²) in [7, 11) is -3.47. The van der Waals surface area contributed by atoms with Crippen molar-refractivity contribution in [3.8, 4) is 0 Å². The molecule has 0 saturated carbocycles. The minimum Gasteiger partial charge on any atom is -0.381 e. The normalized spacial score (nSPS) is 17.8. The van der Waals surface area contributed by atoms with Crippen LogP contribution in [0.3, 0.4) is 0 Å². The van der Waals surface area contributed by atoms with Crippen molar-refractivity contribution in [1.29, 1.82) is 0 Å². The van der Waals surface area contributed by atoms with E-state index in [4.69, 9.17) is 10.5 Å². The summed E-state index contributed by atoms with van der Waals surface area (Å²) in [6, 6.07) is 8.51. The summed E-state index contributed by atoms with van der Waals surface area (Å²) in [5.41, 5.74) is 5.57. The quantitative estimate of drug-likeness (QED) is 0.868. The SMILES string of the molecule is NCCN(C1CCOCC1)S(=O)(=O)c1ccccc1. The fourth-order valence-electron chi connectivity index (χ4n) is 2.33. The van der Waals surface area contributed by atoms with Gasteiger partial charge in [-0.15, -0.1) is 0 Å². The molecule has 0 atom stereocenters. The van der Waals surface area contributed by atoms with Gasteiger partial charge in [-0.25, -0.2) is 8.42 Å². The summed E-state index contributed by atoms with van der Waals surface area (Å²) in [4.78, 5) is 0.329. The number of rotatable bonds is 5. The summed E-state index contributed by atoms with van der Waals surface area (Å²) in [6.45, 7) is 1.89. The lowest BCUT2D eigenvalue weighted by Gasteiger charge is -2.33. The minimum atomic E-state index is -3.47. The Kier molecular flexibility index (Phi) is 4.93. The van der Waals surface area contributed by atoms with Crippen LogP contribution in [0, 0.1) is 0 Å². The Morgan fingerprint density at radius 3 is 2.42 bits per heavy atom. The standard InChI is InChI=1S/C13H20N2O3S/c14-8-9-15(12-6-10-18-11-7-12)19(16,17)13-4-2-1-3-5-13/h1-5,12H,6-11,14H2. The molecule has 0 unspecified atom stereocenters. The Labute approximate surface area is 114 Å². The van der Waals surface area contributed by atoms with Gasteiger partial charge in [0.1, 0.15) is 0 Å². The highest BCUT2D eigenvalue weighted by molar-refractivity contribution is 7.89. The fourth-order valence-corrected chi connectivity index (χ4v) is 4.05. The van der Waals surface area contributed by atoms with Crippen molar-refractivity contribution in [2.45, 2.75) is 23.8 Å². The Hall–Kier alpha value is -0.950. The molecule has 1 saturated heterocycles. The third-order valence-corrected chi connectivity index (χ3v) is 5.26. The van der Waals surface area contributed by atoms with Gasteiger partial charge in [0.15, 0.2) is 0 Å². The molecule has 0 aliphatic carbocycles. The Balaban J connectivity index is 2.27. The molecule has 0 radical (unpaired) electrons. The van der Waals surface area contributed by atoms with Crippen molar-refractivity contribution in [2.75, 3.05) is 26.3 Å². The van der Waals surface area contributed by atoms with Gasteiger partial charge in [0.2, 0.25) is 10.0 Å². The van der Waals surface area contributed by atoms with Gasteiger partial charge in [0.25, 0.3) is 0 Å². The van der Waals surface area contributed by atoms with E-state index in [0.29, 0.717) is 31.2 Å². The zero-order valence-electron chi connectivity index (χ0n) is 10.9. The molecular weight excluding hydrogens is 264 g/mol. The molecule has 1 aromatic carbocycles. The van der Waals surface area contributed by atoms with Crippen molar-refractivity contribution < 1.29 is 13.2 Å². The molecule has 106 valence electrons. The maximum Gasteiger partial charge on any atom is 0.243 e. The van der Waals surface area contributed by atoms with Crippen LogP contribution in [0.4, 0.5) is 0 Å². The molecule has 19 heavy (non-hydrogen) atoms. The van der Waals surface area contributed by atoms with Crippen molar-refractivity contribution in [1.82, 2.24) is 4.31 Å². The van der Waals surface area contributed by atoms with Crippen molar-refractivity contribution >= 4 is 10.0 Å². The molecular formula is C13H20N2O3S. The molecule has 0 spiro atoms. The molecule has 2 N–H and O–H groups in total. The number of hydrogen-bond acceptors (Lipinski definition) is 4. The number of hydrogen-bond donors (Lipinski definition) is 1. The number of nitrogens with two attached hydrogens (primary N) is 1. The first-order valence-electron chi connectivity index (χ1n) is 6.51. The van der Waals surface area contributed by atoms with Gasteiger partial charge in [-0.05, 0) is 25.0 Å². The summed E-state index contributed by atoms with van der Waals surface area (Å²) < 4.78 is 32.1. The molecule has 1 aliphatic heterocycles. The second-order valence-corrected chi connectivity index (χ2v) is 6.45. The van der Waals surface area contributed by atoms with E-state index < -0.39 is 10.0 Å². The predicted octanol–water partition coefficient (Wildman–Crippen LogP) is 0.815. The van der Waals surface area contributed by atoms with E-state index in [9.17, 15) is 8.42 Å². The van der Waals surface area contributed by atoms with Gasteiger partial charge >= 0.3 is 0 Å². The Morgan fingerprint density at radius 2 is 1.84 bits per heavy atom. The number of nitrogens with zero attached hydrogens (tertiary/aromatic N) is 1. The average molecular weight is 284 g/mol. The van der Waals surface area contributed by atoms with Crippen molar-refractivity contribution in [2.24, 2.45) is 5.73 Å². The topological polar surface area (TPSA) is 72.6 Å². The number of benzene rings is 1. The van der Waals surface area contributed by atoms with E-state index in [1.54, 1.807) is 30.3 Å². The first-order valence-corrected chi connectivity index (χ1v) is 7.95. The maximum atomic E-state index is 12.7. The fraction of sp³-hybridized carbons (Fsp3) is 0.538. The largest absolute Gasteiger partial charge is 0.381 e. The van der Waals surface area contributed by atoms with Crippen LogP contribution in [-0.2, 0) is 14.8 Å². The third-order valence-electron chi connectivity index (χ3n) is 3.30. The summed E-state index contributed by atoms with van der Waals surface area (Å²) in [5, 5.41) is 0. The first-order chi connectivity index (χ1) is 9.16. The summed E-state index contributed by atoms with van der Waals surface area (Å²) in [6.07, 6.45) is 1.46. The van der Waals surface area contributed by atoms with Crippen molar-refractivity contribution in [3.05, 3.63) is 30.3 Å². The second-order valence-electron chi connectivity index (χ2n) is 4.56. The monoisotopic (exact) mass is 284 g/mol.